The zero-order chi connectivity index (χ0) is 20.4. The number of aldehydes is 1. The van der Waals surface area contributed by atoms with E-state index in [1.165, 1.54) is 17.2 Å². The second kappa shape index (κ2) is 10.5. The fourth-order valence-electron chi connectivity index (χ4n) is 2.44. The quantitative estimate of drug-likeness (QED) is 0.506. The summed E-state index contributed by atoms with van der Waals surface area (Å²) >= 11 is 0. The lowest BCUT2D eigenvalue weighted by Crippen LogP contribution is -2.33. The van der Waals surface area contributed by atoms with Gasteiger partial charge >= 0.3 is 12.1 Å². The van der Waals surface area contributed by atoms with Crippen molar-refractivity contribution in [3.63, 3.8) is 0 Å². The Kier molecular flexibility index (Phi) is 7.71. The number of nitrogens with zero attached hydrogens (tertiary/aromatic N) is 2. The minimum Gasteiger partial charge on any atom is -0.478 e. The molecule has 0 fully saturated rings. The molecule has 1 amide bonds. The first-order valence-electron chi connectivity index (χ1n) is 8.50. The SMILES string of the molecule is CNc1ncc(/C=C/C(=O)O)cc1CN(CC=O)C(=O)OCc1ccccc1. The van der Waals surface area contributed by atoms with Crippen molar-refractivity contribution in [3.8, 4) is 0 Å². The number of carbonyl (C=O) groups excluding carboxylic acids is 2. The van der Waals surface area contributed by atoms with Crippen LogP contribution in [0.15, 0.2) is 48.7 Å². The fourth-order valence-corrected chi connectivity index (χ4v) is 2.44. The van der Waals surface area contributed by atoms with Gasteiger partial charge in [0, 0.05) is 24.9 Å². The zero-order valence-electron chi connectivity index (χ0n) is 15.4. The number of carboxylic acid groups (broad SMARTS) is 1. The predicted molar refractivity (Wildman–Crippen MR) is 104 cm³/mol. The van der Waals surface area contributed by atoms with Crippen LogP contribution in [0.25, 0.3) is 6.08 Å². The molecule has 1 heterocycles. The minimum absolute atomic E-state index is 0.0737. The molecule has 2 rings (SSSR count). The average molecular weight is 383 g/mol. The van der Waals surface area contributed by atoms with Crippen molar-refractivity contribution in [2.24, 2.45) is 0 Å². The van der Waals surface area contributed by atoms with E-state index in [1.54, 1.807) is 13.1 Å². The summed E-state index contributed by atoms with van der Waals surface area (Å²) in [5, 5.41) is 11.7. The van der Waals surface area contributed by atoms with Gasteiger partial charge in [-0.05, 0) is 23.3 Å². The highest BCUT2D eigenvalue weighted by Crippen LogP contribution is 2.18. The summed E-state index contributed by atoms with van der Waals surface area (Å²) in [6.07, 6.45) is 3.88. The van der Waals surface area contributed by atoms with E-state index in [4.69, 9.17) is 9.84 Å². The Hall–Kier alpha value is -3.68. The molecule has 0 saturated carbocycles. The van der Waals surface area contributed by atoms with E-state index < -0.39 is 12.1 Å². The largest absolute Gasteiger partial charge is 0.478 e. The first-order chi connectivity index (χ1) is 13.5. The number of aromatic nitrogens is 1. The summed E-state index contributed by atoms with van der Waals surface area (Å²) in [6.45, 7) is 0.0177. The van der Waals surface area contributed by atoms with Gasteiger partial charge in [0.1, 0.15) is 18.7 Å². The Morgan fingerprint density at radius 3 is 2.68 bits per heavy atom. The molecule has 146 valence electrons. The molecule has 0 unspecified atom stereocenters. The summed E-state index contributed by atoms with van der Waals surface area (Å²) in [6, 6.07) is 10.9. The molecule has 0 atom stereocenters. The Morgan fingerprint density at radius 1 is 1.29 bits per heavy atom. The number of pyridine rings is 1. The Balaban J connectivity index is 2.15. The summed E-state index contributed by atoms with van der Waals surface area (Å²) < 4.78 is 5.29. The van der Waals surface area contributed by atoms with Crippen molar-refractivity contribution >= 4 is 30.2 Å². The molecule has 0 spiro atoms. The zero-order valence-corrected chi connectivity index (χ0v) is 15.4. The lowest BCUT2D eigenvalue weighted by molar-refractivity contribution is -0.131. The highest BCUT2D eigenvalue weighted by atomic mass is 16.6. The molecule has 1 aromatic heterocycles. The van der Waals surface area contributed by atoms with Gasteiger partial charge in [-0.2, -0.15) is 0 Å². The normalized spacial score (nSPS) is 10.5. The smallest absolute Gasteiger partial charge is 0.410 e. The van der Waals surface area contributed by atoms with Crippen LogP contribution in [-0.2, 0) is 27.5 Å². The number of hydrogen-bond acceptors (Lipinski definition) is 6. The molecule has 0 bridgehead atoms. The molecular weight excluding hydrogens is 362 g/mol. The number of aliphatic carboxylic acids is 1. The van der Waals surface area contributed by atoms with Crippen LogP contribution in [0.4, 0.5) is 10.6 Å². The van der Waals surface area contributed by atoms with Crippen LogP contribution >= 0.6 is 0 Å². The van der Waals surface area contributed by atoms with Crippen molar-refractivity contribution in [1.82, 2.24) is 9.88 Å². The topological polar surface area (TPSA) is 109 Å². The van der Waals surface area contributed by atoms with Gasteiger partial charge in [0.15, 0.2) is 0 Å². The molecule has 8 nitrogen and oxygen atoms in total. The minimum atomic E-state index is -1.08. The Bertz CT molecular complexity index is 852. The third-order valence-corrected chi connectivity index (χ3v) is 3.76. The number of rotatable bonds is 9. The third-order valence-electron chi connectivity index (χ3n) is 3.76. The molecule has 1 aromatic carbocycles. The van der Waals surface area contributed by atoms with Crippen LogP contribution in [0.1, 0.15) is 16.7 Å². The van der Waals surface area contributed by atoms with Gasteiger partial charge < -0.3 is 20.0 Å². The molecule has 0 saturated heterocycles. The predicted octanol–water partition coefficient (Wildman–Crippen LogP) is 2.56. The van der Waals surface area contributed by atoms with E-state index in [9.17, 15) is 14.4 Å². The number of carboxylic acids is 1. The molecule has 0 aliphatic carbocycles. The van der Waals surface area contributed by atoms with Crippen molar-refractivity contribution in [3.05, 3.63) is 65.4 Å². The van der Waals surface area contributed by atoms with E-state index in [0.29, 0.717) is 23.2 Å². The average Bonchev–Trinajstić information content (AvgIpc) is 2.71. The highest BCUT2D eigenvalue weighted by molar-refractivity contribution is 5.85. The fraction of sp³-hybridized carbons (Fsp3) is 0.200. The van der Waals surface area contributed by atoms with Gasteiger partial charge in [-0.15, -0.1) is 0 Å². The molecule has 2 aromatic rings. The van der Waals surface area contributed by atoms with E-state index in [2.05, 4.69) is 10.3 Å². The van der Waals surface area contributed by atoms with Gasteiger partial charge in [0.2, 0.25) is 0 Å². The maximum atomic E-state index is 12.4. The maximum absolute atomic E-state index is 12.4. The molecule has 8 heteroatoms. The van der Waals surface area contributed by atoms with Crippen LogP contribution in [-0.4, -0.2) is 46.9 Å². The number of nitrogens with one attached hydrogen (secondary N) is 1. The Morgan fingerprint density at radius 2 is 2.04 bits per heavy atom. The van der Waals surface area contributed by atoms with Gasteiger partial charge in [-0.1, -0.05) is 30.3 Å². The number of carbonyl (C=O) groups is 3. The van der Waals surface area contributed by atoms with Gasteiger partial charge in [0.25, 0.3) is 0 Å². The summed E-state index contributed by atoms with van der Waals surface area (Å²) in [5.74, 6) is -0.564. The lowest BCUT2D eigenvalue weighted by Gasteiger charge is -2.21. The molecule has 0 aliphatic rings. The van der Waals surface area contributed by atoms with E-state index in [1.807, 2.05) is 30.3 Å². The number of benzene rings is 1. The van der Waals surface area contributed by atoms with Crippen LogP contribution in [0, 0.1) is 0 Å². The molecule has 28 heavy (non-hydrogen) atoms. The molecule has 0 radical (unpaired) electrons. The number of amides is 1. The van der Waals surface area contributed by atoms with Crippen molar-refractivity contribution < 1.29 is 24.2 Å². The standard InChI is InChI=1S/C20H21N3O5/c1-21-19-17(11-16(12-22-19)7-8-18(25)26)13-23(9-10-24)20(27)28-14-15-5-3-2-4-6-15/h2-8,10-12H,9,13-14H2,1H3,(H,21,22)(H,25,26)/b8-7+. The number of ether oxygens (including phenoxy) is 1. The second-order valence-electron chi connectivity index (χ2n) is 5.79. The molecule has 0 aliphatic heterocycles. The van der Waals surface area contributed by atoms with Crippen LogP contribution < -0.4 is 5.32 Å². The van der Waals surface area contributed by atoms with Gasteiger partial charge in [-0.25, -0.2) is 14.6 Å². The summed E-state index contributed by atoms with van der Waals surface area (Å²) in [5.41, 5.74) is 2.01. The number of hydrogen-bond donors (Lipinski definition) is 2. The van der Waals surface area contributed by atoms with Gasteiger partial charge in [0.05, 0.1) is 13.1 Å². The lowest BCUT2D eigenvalue weighted by atomic mass is 10.1. The highest BCUT2D eigenvalue weighted by Gasteiger charge is 2.17. The molecule has 2 N–H and O–H groups in total. The molecular formula is C20H21N3O5. The third kappa shape index (κ3) is 6.24. The van der Waals surface area contributed by atoms with E-state index >= 15 is 0 Å². The Labute approximate surface area is 162 Å². The van der Waals surface area contributed by atoms with Gasteiger partial charge in [-0.3, -0.25) is 4.90 Å². The van der Waals surface area contributed by atoms with Crippen molar-refractivity contribution in [2.45, 2.75) is 13.2 Å². The van der Waals surface area contributed by atoms with E-state index in [0.717, 1.165) is 11.6 Å². The number of anilines is 1. The monoisotopic (exact) mass is 383 g/mol. The maximum Gasteiger partial charge on any atom is 0.410 e. The van der Waals surface area contributed by atoms with Crippen molar-refractivity contribution in [2.75, 3.05) is 18.9 Å². The summed E-state index contributed by atoms with van der Waals surface area (Å²) in [7, 11) is 1.68. The van der Waals surface area contributed by atoms with Crippen LogP contribution in [0.2, 0.25) is 0 Å². The summed E-state index contributed by atoms with van der Waals surface area (Å²) in [4.78, 5) is 39.6. The van der Waals surface area contributed by atoms with Crippen LogP contribution in [0.3, 0.4) is 0 Å². The second-order valence-corrected chi connectivity index (χ2v) is 5.79. The first-order valence-corrected chi connectivity index (χ1v) is 8.50. The first kappa shape index (κ1) is 20.6. The van der Waals surface area contributed by atoms with Crippen LogP contribution in [0.5, 0.6) is 0 Å². The van der Waals surface area contributed by atoms with Crippen molar-refractivity contribution in [1.29, 1.82) is 0 Å². The van der Waals surface area contributed by atoms with E-state index in [-0.39, 0.29) is 19.7 Å².